The number of primary amides is 1. The van der Waals surface area contributed by atoms with Crippen molar-refractivity contribution < 1.29 is 19.0 Å². The van der Waals surface area contributed by atoms with Gasteiger partial charge in [0.25, 0.3) is 11.5 Å². The molecule has 0 radical (unpaired) electrons. The van der Waals surface area contributed by atoms with Crippen molar-refractivity contribution in [1.82, 2.24) is 29.9 Å². The van der Waals surface area contributed by atoms with Crippen LogP contribution in [0.4, 0.5) is 16.0 Å². The van der Waals surface area contributed by atoms with Crippen LogP contribution in [0.25, 0.3) is 22.1 Å². The van der Waals surface area contributed by atoms with Gasteiger partial charge in [0.05, 0.1) is 35.8 Å². The van der Waals surface area contributed by atoms with Crippen molar-refractivity contribution in [2.45, 2.75) is 58.7 Å². The molecule has 13 heteroatoms. The number of aromatic nitrogens is 5. The number of pyridine rings is 1. The van der Waals surface area contributed by atoms with Gasteiger partial charge in [0, 0.05) is 17.1 Å². The number of carbonyl (C=O) groups is 1. The minimum Gasteiger partial charge on any atom is -0.486 e. The predicted molar refractivity (Wildman–Crippen MR) is 181 cm³/mol. The number of fused-ring (bicyclic) bond motifs is 1. The molecule has 3 aromatic heterocycles. The number of aliphatic hydroxyl groups excluding tert-OH is 1. The number of ether oxygens (including phenoxy) is 1. The molecule has 1 amide bonds. The van der Waals surface area contributed by atoms with Gasteiger partial charge < -0.3 is 26.2 Å². The Hall–Kier alpha value is -5.14. The van der Waals surface area contributed by atoms with E-state index < -0.39 is 23.9 Å². The molecule has 5 N–H and O–H groups in total. The molecule has 0 spiro atoms. The standard InChI is InChI=1S/C35H39FN8O4/c1-34(2,3)22-11-21-16-40-44(33(47)30(21)26(36)12-22)28-8-6-7-27(25(28)19-45)43-18-24(31(37)46)32(42-43)41-29-10-9-23(17-39-29)48-35(4,5)13-20-14-38-15-20/h6-12,16-18,20,38,45H,13-15,19H2,1-5H3,(H2,37,46)(H,39,41,42). The zero-order chi connectivity index (χ0) is 34.4. The summed E-state index contributed by atoms with van der Waals surface area (Å²) in [5, 5.41) is 26.0. The van der Waals surface area contributed by atoms with Crippen LogP contribution in [0.2, 0.25) is 0 Å². The number of nitrogens with one attached hydrogen (secondary N) is 2. The summed E-state index contributed by atoms with van der Waals surface area (Å²) in [6, 6.07) is 11.5. The maximum atomic E-state index is 15.3. The van der Waals surface area contributed by atoms with Crippen molar-refractivity contribution in [3.63, 3.8) is 0 Å². The molecule has 6 rings (SSSR count). The molecule has 4 heterocycles. The molecule has 0 atom stereocenters. The molecule has 2 aromatic carbocycles. The smallest absolute Gasteiger partial charge is 0.282 e. The lowest BCUT2D eigenvalue weighted by Crippen LogP contribution is -2.46. The summed E-state index contributed by atoms with van der Waals surface area (Å²) >= 11 is 0. The fourth-order valence-corrected chi connectivity index (χ4v) is 5.93. The number of halogens is 1. The van der Waals surface area contributed by atoms with Crippen LogP contribution in [-0.4, -0.2) is 54.2 Å². The molecular formula is C35H39FN8O4. The quantitative estimate of drug-likeness (QED) is 0.170. The fourth-order valence-electron chi connectivity index (χ4n) is 5.93. The van der Waals surface area contributed by atoms with Crippen LogP contribution in [0, 0.1) is 11.7 Å². The lowest BCUT2D eigenvalue weighted by atomic mass is 9.86. The summed E-state index contributed by atoms with van der Waals surface area (Å²) in [4.78, 5) is 30.5. The fraction of sp³-hybridized carbons (Fsp3) is 0.343. The van der Waals surface area contributed by atoms with Crippen LogP contribution in [0.1, 0.15) is 62.5 Å². The Bertz CT molecular complexity index is 2060. The minimum absolute atomic E-state index is 0.0689. The van der Waals surface area contributed by atoms with Gasteiger partial charge in [-0.05, 0) is 86.7 Å². The third-order valence-corrected chi connectivity index (χ3v) is 8.47. The van der Waals surface area contributed by atoms with E-state index in [0.717, 1.165) is 29.8 Å². The average molecular weight is 655 g/mol. The highest BCUT2D eigenvalue weighted by molar-refractivity contribution is 5.98. The number of hydrogen-bond acceptors (Lipinski definition) is 9. The third-order valence-electron chi connectivity index (χ3n) is 8.47. The lowest BCUT2D eigenvalue weighted by molar-refractivity contribution is 0.0675. The van der Waals surface area contributed by atoms with Gasteiger partial charge in [-0.2, -0.15) is 9.78 Å². The van der Waals surface area contributed by atoms with Crippen LogP contribution in [-0.2, 0) is 12.0 Å². The maximum Gasteiger partial charge on any atom is 0.282 e. The molecule has 5 aromatic rings. The zero-order valence-electron chi connectivity index (χ0n) is 27.5. The van der Waals surface area contributed by atoms with E-state index in [1.54, 1.807) is 42.6 Å². The molecule has 0 bridgehead atoms. The molecule has 0 saturated carbocycles. The van der Waals surface area contributed by atoms with E-state index in [-0.39, 0.29) is 39.0 Å². The molecule has 48 heavy (non-hydrogen) atoms. The van der Waals surface area contributed by atoms with Crippen LogP contribution in [0.15, 0.2) is 65.8 Å². The Kier molecular flexibility index (Phi) is 8.52. The summed E-state index contributed by atoms with van der Waals surface area (Å²) in [5.74, 6) is 0.324. The number of amides is 1. The van der Waals surface area contributed by atoms with Gasteiger partial charge >= 0.3 is 0 Å². The number of nitrogens with zero attached hydrogens (tertiary/aromatic N) is 5. The zero-order valence-corrected chi connectivity index (χ0v) is 27.5. The summed E-state index contributed by atoms with van der Waals surface area (Å²) in [7, 11) is 0. The van der Waals surface area contributed by atoms with Crippen molar-refractivity contribution in [2.75, 3.05) is 18.4 Å². The first-order chi connectivity index (χ1) is 22.7. The SMILES string of the molecule is CC(C)(CC1CNC1)Oc1ccc(Nc2nn(-c3cccc(-n4ncc5cc(C(C)(C)C)cc(F)c5c4=O)c3CO)cc2C(N)=O)nc1. The highest BCUT2D eigenvalue weighted by Crippen LogP contribution is 2.30. The number of carbonyl (C=O) groups excluding carboxylic acids is 1. The molecule has 1 saturated heterocycles. The van der Waals surface area contributed by atoms with Crippen molar-refractivity contribution >= 4 is 28.3 Å². The van der Waals surface area contributed by atoms with Crippen molar-refractivity contribution in [1.29, 1.82) is 0 Å². The van der Waals surface area contributed by atoms with E-state index in [4.69, 9.17) is 10.5 Å². The van der Waals surface area contributed by atoms with E-state index in [1.165, 1.54) is 23.1 Å². The largest absolute Gasteiger partial charge is 0.486 e. The summed E-state index contributed by atoms with van der Waals surface area (Å²) in [6.45, 7) is 11.4. The minimum atomic E-state index is -0.741. The number of anilines is 2. The van der Waals surface area contributed by atoms with Gasteiger partial charge in [0.15, 0.2) is 5.82 Å². The van der Waals surface area contributed by atoms with Crippen LogP contribution < -0.4 is 26.7 Å². The van der Waals surface area contributed by atoms with Gasteiger partial charge in [0.1, 0.15) is 28.5 Å². The van der Waals surface area contributed by atoms with Crippen molar-refractivity contribution in [2.24, 2.45) is 11.7 Å². The Morgan fingerprint density at radius 1 is 1.12 bits per heavy atom. The Labute approximate surface area is 276 Å². The number of nitrogens with two attached hydrogens (primary N) is 1. The van der Waals surface area contributed by atoms with Crippen LogP contribution in [0.3, 0.4) is 0 Å². The second-order valence-electron chi connectivity index (χ2n) is 13.8. The van der Waals surface area contributed by atoms with E-state index in [1.807, 2.05) is 34.6 Å². The van der Waals surface area contributed by atoms with E-state index in [2.05, 4.69) is 25.8 Å². The Morgan fingerprint density at radius 2 is 1.88 bits per heavy atom. The highest BCUT2D eigenvalue weighted by Gasteiger charge is 2.29. The highest BCUT2D eigenvalue weighted by atomic mass is 19.1. The average Bonchev–Trinajstić information content (AvgIpc) is 3.43. The van der Waals surface area contributed by atoms with Gasteiger partial charge in [-0.1, -0.05) is 26.8 Å². The second-order valence-corrected chi connectivity index (χ2v) is 13.8. The molecule has 0 unspecified atom stereocenters. The Balaban J connectivity index is 1.31. The number of rotatable bonds is 10. The number of hydrogen-bond donors (Lipinski definition) is 4. The predicted octanol–water partition coefficient (Wildman–Crippen LogP) is 4.50. The summed E-state index contributed by atoms with van der Waals surface area (Å²) < 4.78 is 23.9. The molecule has 250 valence electrons. The number of aliphatic hydroxyl groups is 1. The monoisotopic (exact) mass is 654 g/mol. The first-order valence-electron chi connectivity index (χ1n) is 15.7. The van der Waals surface area contributed by atoms with Crippen LogP contribution in [0.5, 0.6) is 5.75 Å². The molecule has 12 nitrogen and oxygen atoms in total. The van der Waals surface area contributed by atoms with Crippen LogP contribution >= 0.6 is 0 Å². The molecule has 1 aliphatic heterocycles. The first kappa shape index (κ1) is 32.8. The first-order valence-corrected chi connectivity index (χ1v) is 15.7. The molecule has 1 fully saturated rings. The maximum absolute atomic E-state index is 15.3. The summed E-state index contributed by atoms with van der Waals surface area (Å²) in [6.07, 6.45) is 5.36. The van der Waals surface area contributed by atoms with Gasteiger partial charge in [-0.15, -0.1) is 5.10 Å². The van der Waals surface area contributed by atoms with Crippen molar-refractivity contribution in [3.05, 3.63) is 93.9 Å². The number of benzene rings is 2. The van der Waals surface area contributed by atoms with E-state index in [0.29, 0.717) is 28.6 Å². The lowest BCUT2D eigenvalue weighted by Gasteiger charge is -2.35. The molecule has 0 aliphatic carbocycles. The normalized spacial score (nSPS) is 13.8. The molecule has 1 aliphatic rings. The summed E-state index contributed by atoms with van der Waals surface area (Å²) in [5.41, 5.74) is 5.98. The van der Waals surface area contributed by atoms with E-state index in [9.17, 15) is 14.7 Å². The van der Waals surface area contributed by atoms with Gasteiger partial charge in [-0.25, -0.2) is 14.1 Å². The Morgan fingerprint density at radius 3 is 2.50 bits per heavy atom. The third kappa shape index (κ3) is 6.51. The topological polar surface area (TPSA) is 162 Å². The molecular weight excluding hydrogens is 615 g/mol. The second kappa shape index (κ2) is 12.5. The van der Waals surface area contributed by atoms with Gasteiger partial charge in [0.2, 0.25) is 0 Å². The van der Waals surface area contributed by atoms with Crippen molar-refractivity contribution in [3.8, 4) is 17.1 Å². The van der Waals surface area contributed by atoms with E-state index >= 15 is 4.39 Å². The van der Waals surface area contributed by atoms with Gasteiger partial charge in [-0.3, -0.25) is 9.59 Å².